The Morgan fingerprint density at radius 1 is 1.07 bits per heavy atom. The number of nitrogens with zero attached hydrogens (tertiary/aromatic N) is 3. The lowest BCUT2D eigenvalue weighted by atomic mass is 10.1. The van der Waals surface area contributed by atoms with Crippen LogP contribution in [0.25, 0.3) is 22.4 Å². The SMILES string of the molecule is Cc1ccc2c(c1)nc(-c1cc(C)c(=O)n(C)c1)n2Cc1cccc(N)c1. The van der Waals surface area contributed by atoms with Crippen molar-refractivity contribution in [3.8, 4) is 11.4 Å². The number of imidazole rings is 1. The summed E-state index contributed by atoms with van der Waals surface area (Å²) in [6.45, 7) is 4.55. The van der Waals surface area contributed by atoms with Gasteiger partial charge in [0, 0.05) is 36.6 Å². The summed E-state index contributed by atoms with van der Waals surface area (Å²) in [5, 5.41) is 0. The predicted octanol–water partition coefficient (Wildman–Crippen LogP) is 3.65. The molecule has 4 rings (SSSR count). The fourth-order valence-electron chi connectivity index (χ4n) is 3.49. The zero-order valence-corrected chi connectivity index (χ0v) is 15.7. The second-order valence-electron chi connectivity index (χ2n) is 7.09. The molecule has 0 atom stereocenters. The van der Waals surface area contributed by atoms with Gasteiger partial charge in [-0.3, -0.25) is 4.79 Å². The minimum absolute atomic E-state index is 0.00749. The summed E-state index contributed by atoms with van der Waals surface area (Å²) in [7, 11) is 1.77. The minimum atomic E-state index is 0.00749. The molecule has 0 bridgehead atoms. The van der Waals surface area contributed by atoms with Gasteiger partial charge in [-0.15, -0.1) is 0 Å². The molecule has 0 aliphatic carbocycles. The highest BCUT2D eigenvalue weighted by atomic mass is 16.1. The number of hydrogen-bond donors (Lipinski definition) is 1. The summed E-state index contributed by atoms with van der Waals surface area (Å²) in [5.41, 5.74) is 12.6. The van der Waals surface area contributed by atoms with Gasteiger partial charge in [-0.1, -0.05) is 18.2 Å². The maximum atomic E-state index is 12.1. The molecule has 0 unspecified atom stereocenters. The van der Waals surface area contributed by atoms with Gasteiger partial charge in [0.1, 0.15) is 5.82 Å². The number of benzene rings is 2. The Balaban J connectivity index is 1.95. The molecular formula is C22H22N4O. The number of aryl methyl sites for hydroxylation is 3. The van der Waals surface area contributed by atoms with Gasteiger partial charge in [0.2, 0.25) is 0 Å². The molecule has 0 aliphatic heterocycles. The van der Waals surface area contributed by atoms with Gasteiger partial charge in [0.15, 0.2) is 0 Å². The average Bonchev–Trinajstić information content (AvgIpc) is 2.97. The summed E-state index contributed by atoms with van der Waals surface area (Å²) in [6.07, 6.45) is 1.85. The molecule has 0 amide bonds. The number of hydrogen-bond acceptors (Lipinski definition) is 3. The van der Waals surface area contributed by atoms with Crippen LogP contribution in [0.2, 0.25) is 0 Å². The highest BCUT2D eigenvalue weighted by Crippen LogP contribution is 2.27. The quantitative estimate of drug-likeness (QED) is 0.569. The molecule has 2 aromatic carbocycles. The molecular weight excluding hydrogens is 336 g/mol. The lowest BCUT2D eigenvalue weighted by Gasteiger charge is -2.12. The van der Waals surface area contributed by atoms with Crippen LogP contribution in [0.3, 0.4) is 0 Å². The first-order valence-corrected chi connectivity index (χ1v) is 8.91. The highest BCUT2D eigenvalue weighted by Gasteiger charge is 2.15. The normalized spacial score (nSPS) is 11.2. The molecule has 136 valence electrons. The second-order valence-corrected chi connectivity index (χ2v) is 7.09. The second kappa shape index (κ2) is 6.43. The van der Waals surface area contributed by atoms with Crippen LogP contribution >= 0.6 is 0 Å². The number of aromatic nitrogens is 3. The van der Waals surface area contributed by atoms with Gasteiger partial charge in [0.05, 0.1) is 11.0 Å². The fourth-order valence-corrected chi connectivity index (χ4v) is 3.49. The van der Waals surface area contributed by atoms with Crippen molar-refractivity contribution in [2.45, 2.75) is 20.4 Å². The molecule has 0 saturated heterocycles. The summed E-state index contributed by atoms with van der Waals surface area (Å²) in [6, 6.07) is 16.1. The Morgan fingerprint density at radius 2 is 1.89 bits per heavy atom. The molecule has 2 aromatic heterocycles. The topological polar surface area (TPSA) is 65.8 Å². The molecule has 2 N–H and O–H groups in total. The molecule has 0 aliphatic rings. The Morgan fingerprint density at radius 3 is 2.63 bits per heavy atom. The predicted molar refractivity (Wildman–Crippen MR) is 110 cm³/mol. The number of anilines is 1. The van der Waals surface area contributed by atoms with E-state index in [0.29, 0.717) is 12.1 Å². The first kappa shape index (κ1) is 17.1. The van der Waals surface area contributed by atoms with Crippen molar-refractivity contribution in [1.29, 1.82) is 0 Å². The van der Waals surface area contributed by atoms with Crippen LogP contribution in [0.1, 0.15) is 16.7 Å². The Labute approximate surface area is 157 Å². The first-order valence-electron chi connectivity index (χ1n) is 8.91. The first-order chi connectivity index (χ1) is 12.9. The van der Waals surface area contributed by atoms with Crippen molar-refractivity contribution >= 4 is 16.7 Å². The van der Waals surface area contributed by atoms with E-state index in [1.807, 2.05) is 37.4 Å². The summed E-state index contributed by atoms with van der Waals surface area (Å²) in [5.74, 6) is 0.844. The van der Waals surface area contributed by atoms with Crippen molar-refractivity contribution in [2.75, 3.05) is 5.73 Å². The van der Waals surface area contributed by atoms with Gasteiger partial charge < -0.3 is 14.9 Å². The third kappa shape index (κ3) is 3.12. The molecule has 27 heavy (non-hydrogen) atoms. The summed E-state index contributed by atoms with van der Waals surface area (Å²) in [4.78, 5) is 17.0. The molecule has 5 nitrogen and oxygen atoms in total. The van der Waals surface area contributed by atoms with E-state index >= 15 is 0 Å². The van der Waals surface area contributed by atoms with E-state index in [1.165, 1.54) is 5.56 Å². The van der Waals surface area contributed by atoms with Gasteiger partial charge in [-0.05, 0) is 55.3 Å². The van der Waals surface area contributed by atoms with Crippen LogP contribution in [0.15, 0.2) is 59.5 Å². The van der Waals surface area contributed by atoms with Gasteiger partial charge in [-0.25, -0.2) is 4.98 Å². The van der Waals surface area contributed by atoms with Crippen LogP contribution in [0, 0.1) is 13.8 Å². The van der Waals surface area contributed by atoms with E-state index in [1.54, 1.807) is 11.6 Å². The lowest BCUT2D eigenvalue weighted by Crippen LogP contribution is -2.18. The average molecular weight is 358 g/mol. The molecule has 5 heteroatoms. The zero-order chi connectivity index (χ0) is 19.1. The summed E-state index contributed by atoms with van der Waals surface area (Å²) >= 11 is 0. The van der Waals surface area contributed by atoms with Gasteiger partial charge in [0.25, 0.3) is 5.56 Å². The Kier molecular flexibility index (Phi) is 4.07. The van der Waals surface area contributed by atoms with E-state index in [-0.39, 0.29) is 5.56 Å². The van der Waals surface area contributed by atoms with Crippen molar-refractivity contribution in [3.63, 3.8) is 0 Å². The van der Waals surface area contributed by atoms with Crippen LogP contribution < -0.4 is 11.3 Å². The van der Waals surface area contributed by atoms with Crippen molar-refractivity contribution in [1.82, 2.24) is 14.1 Å². The molecule has 2 heterocycles. The maximum Gasteiger partial charge on any atom is 0.253 e. The van der Waals surface area contributed by atoms with Gasteiger partial charge >= 0.3 is 0 Å². The van der Waals surface area contributed by atoms with Crippen LogP contribution in [-0.4, -0.2) is 14.1 Å². The Hall–Kier alpha value is -3.34. The third-order valence-electron chi connectivity index (χ3n) is 4.82. The van der Waals surface area contributed by atoms with Crippen LogP contribution in [0.4, 0.5) is 5.69 Å². The summed E-state index contributed by atoms with van der Waals surface area (Å²) < 4.78 is 3.79. The number of nitrogens with two attached hydrogens (primary N) is 1. The molecule has 0 spiro atoms. The fraction of sp³-hybridized carbons (Fsp3) is 0.182. The smallest absolute Gasteiger partial charge is 0.253 e. The van der Waals surface area contributed by atoms with E-state index < -0.39 is 0 Å². The monoisotopic (exact) mass is 358 g/mol. The largest absolute Gasteiger partial charge is 0.399 e. The minimum Gasteiger partial charge on any atom is -0.399 e. The number of fused-ring (bicyclic) bond motifs is 1. The third-order valence-corrected chi connectivity index (χ3v) is 4.82. The number of pyridine rings is 1. The number of nitrogen functional groups attached to an aromatic ring is 1. The van der Waals surface area contributed by atoms with Crippen molar-refractivity contribution in [2.24, 2.45) is 7.05 Å². The Bertz CT molecular complexity index is 1190. The van der Waals surface area contributed by atoms with Crippen molar-refractivity contribution in [3.05, 3.63) is 81.8 Å². The van der Waals surface area contributed by atoms with E-state index in [4.69, 9.17) is 10.7 Å². The van der Waals surface area contributed by atoms with Crippen LogP contribution in [-0.2, 0) is 13.6 Å². The molecule has 0 radical (unpaired) electrons. The van der Waals surface area contributed by atoms with E-state index in [9.17, 15) is 4.79 Å². The maximum absolute atomic E-state index is 12.1. The zero-order valence-electron chi connectivity index (χ0n) is 15.7. The van der Waals surface area contributed by atoms with Gasteiger partial charge in [-0.2, -0.15) is 0 Å². The number of rotatable bonds is 3. The standard InChI is InChI=1S/C22H22N4O/c1-14-7-8-20-19(9-14)24-21(17-10-15(2)22(27)25(3)13-17)26(20)12-16-5-4-6-18(23)11-16/h4-11,13H,12,23H2,1-3H3. The highest BCUT2D eigenvalue weighted by molar-refractivity contribution is 5.81. The van der Waals surface area contributed by atoms with Crippen LogP contribution in [0.5, 0.6) is 0 Å². The van der Waals surface area contributed by atoms with Crippen molar-refractivity contribution < 1.29 is 0 Å². The van der Waals surface area contributed by atoms with E-state index in [0.717, 1.165) is 33.7 Å². The molecule has 0 fully saturated rings. The lowest BCUT2D eigenvalue weighted by molar-refractivity contribution is 0.819. The molecule has 0 saturated carbocycles. The van der Waals surface area contributed by atoms with E-state index in [2.05, 4.69) is 35.8 Å². The molecule has 4 aromatic rings.